The first-order chi connectivity index (χ1) is 13.7. The molecule has 0 aromatic heterocycles. The summed E-state index contributed by atoms with van der Waals surface area (Å²) in [5.41, 5.74) is 1.19. The fraction of sp³-hybridized carbons (Fsp3) is 0.636. The number of rotatable bonds is 11. The molecule has 0 heterocycles. The molecule has 1 unspecified atom stereocenters. The molecule has 1 atom stereocenters. The third-order valence-corrected chi connectivity index (χ3v) is 4.92. The summed E-state index contributed by atoms with van der Waals surface area (Å²) in [6.45, 7) is 6.84. The van der Waals surface area contributed by atoms with E-state index in [1.54, 1.807) is 0 Å². The lowest BCUT2D eigenvalue weighted by Crippen LogP contribution is -2.40. The van der Waals surface area contributed by atoms with Gasteiger partial charge in [-0.1, -0.05) is 43.2 Å². The molecule has 1 aliphatic carbocycles. The molecule has 1 fully saturated rings. The third kappa shape index (κ3) is 8.74. The Morgan fingerprint density at radius 1 is 1.21 bits per heavy atom. The van der Waals surface area contributed by atoms with Crippen molar-refractivity contribution in [3.8, 4) is 0 Å². The summed E-state index contributed by atoms with van der Waals surface area (Å²) in [5.74, 6) is 0.880. The number of nitrogens with zero attached hydrogens (tertiary/aromatic N) is 1. The predicted octanol–water partition coefficient (Wildman–Crippen LogP) is 3.16. The Morgan fingerprint density at radius 3 is 2.68 bits per heavy atom. The zero-order valence-corrected chi connectivity index (χ0v) is 17.4. The van der Waals surface area contributed by atoms with Gasteiger partial charge < -0.3 is 20.7 Å². The Bertz CT molecular complexity index is 585. The van der Waals surface area contributed by atoms with Gasteiger partial charge in [0.15, 0.2) is 5.96 Å². The number of carbonyl (C=O) groups excluding carboxylic acids is 1. The maximum absolute atomic E-state index is 12.0. The normalized spacial score (nSPS) is 16.0. The van der Waals surface area contributed by atoms with Crippen LogP contribution in [0.3, 0.4) is 0 Å². The molecule has 1 saturated carbocycles. The van der Waals surface area contributed by atoms with E-state index in [-0.39, 0.29) is 12.0 Å². The molecular weight excluding hydrogens is 352 g/mol. The van der Waals surface area contributed by atoms with E-state index < -0.39 is 0 Å². The van der Waals surface area contributed by atoms with Gasteiger partial charge in [0, 0.05) is 38.7 Å². The second kappa shape index (κ2) is 13.2. The summed E-state index contributed by atoms with van der Waals surface area (Å²) >= 11 is 0. The molecule has 0 radical (unpaired) electrons. The largest absolute Gasteiger partial charge is 0.374 e. The summed E-state index contributed by atoms with van der Waals surface area (Å²) < 4.78 is 5.88. The summed E-state index contributed by atoms with van der Waals surface area (Å²) in [6, 6.07) is 10.6. The fourth-order valence-electron chi connectivity index (χ4n) is 3.34. The van der Waals surface area contributed by atoms with Gasteiger partial charge in [0.1, 0.15) is 0 Å². The second-order valence-electron chi connectivity index (χ2n) is 7.26. The van der Waals surface area contributed by atoms with Crippen LogP contribution in [0.1, 0.15) is 64.0 Å². The molecule has 6 nitrogen and oxygen atoms in total. The average molecular weight is 389 g/mol. The fourth-order valence-corrected chi connectivity index (χ4v) is 3.34. The first-order valence-corrected chi connectivity index (χ1v) is 10.7. The highest BCUT2D eigenvalue weighted by Gasteiger charge is 2.16. The van der Waals surface area contributed by atoms with Crippen LogP contribution in [0.2, 0.25) is 0 Å². The molecular formula is C22H36N4O2. The first-order valence-electron chi connectivity index (χ1n) is 10.7. The number of amides is 1. The summed E-state index contributed by atoms with van der Waals surface area (Å²) in [4.78, 5) is 16.6. The lowest BCUT2D eigenvalue weighted by molar-refractivity contribution is -0.121. The van der Waals surface area contributed by atoms with Crippen molar-refractivity contribution in [3.05, 3.63) is 35.9 Å². The minimum Gasteiger partial charge on any atom is -0.374 e. The van der Waals surface area contributed by atoms with Crippen molar-refractivity contribution in [2.45, 2.75) is 64.5 Å². The van der Waals surface area contributed by atoms with Gasteiger partial charge in [-0.25, -0.2) is 0 Å². The maximum Gasteiger partial charge on any atom is 0.221 e. The zero-order chi connectivity index (χ0) is 20.0. The Balaban J connectivity index is 1.60. The van der Waals surface area contributed by atoms with Crippen molar-refractivity contribution in [3.63, 3.8) is 0 Å². The molecule has 6 heteroatoms. The Morgan fingerprint density at radius 2 is 1.96 bits per heavy atom. The lowest BCUT2D eigenvalue weighted by Gasteiger charge is -2.14. The third-order valence-electron chi connectivity index (χ3n) is 4.92. The maximum atomic E-state index is 12.0. The topological polar surface area (TPSA) is 74.8 Å². The van der Waals surface area contributed by atoms with Crippen LogP contribution in [0.25, 0.3) is 0 Å². The van der Waals surface area contributed by atoms with Gasteiger partial charge in [-0.2, -0.15) is 0 Å². The van der Waals surface area contributed by atoms with Crippen LogP contribution in [0.15, 0.2) is 35.3 Å². The molecule has 0 saturated heterocycles. The number of hydrogen-bond donors (Lipinski definition) is 3. The highest BCUT2D eigenvalue weighted by Crippen LogP contribution is 2.17. The van der Waals surface area contributed by atoms with Crippen LogP contribution in [-0.4, -0.2) is 44.1 Å². The van der Waals surface area contributed by atoms with Gasteiger partial charge in [0.05, 0.1) is 6.10 Å². The van der Waals surface area contributed by atoms with Crippen molar-refractivity contribution in [2.75, 3.05) is 26.2 Å². The van der Waals surface area contributed by atoms with Crippen LogP contribution >= 0.6 is 0 Å². The molecule has 1 aromatic carbocycles. The minimum atomic E-state index is 0.0925. The van der Waals surface area contributed by atoms with E-state index in [0.29, 0.717) is 32.2 Å². The van der Waals surface area contributed by atoms with Crippen LogP contribution in [0, 0.1) is 0 Å². The van der Waals surface area contributed by atoms with Gasteiger partial charge in [-0.3, -0.25) is 9.79 Å². The summed E-state index contributed by atoms with van der Waals surface area (Å²) in [5, 5.41) is 9.57. The van der Waals surface area contributed by atoms with Crippen LogP contribution < -0.4 is 16.0 Å². The van der Waals surface area contributed by atoms with Crippen LogP contribution in [-0.2, 0) is 9.53 Å². The quantitative estimate of drug-likeness (QED) is 0.309. The van der Waals surface area contributed by atoms with E-state index in [9.17, 15) is 4.79 Å². The monoisotopic (exact) mass is 388 g/mol. The summed E-state index contributed by atoms with van der Waals surface area (Å²) in [6.07, 6.45) is 6.12. The highest BCUT2D eigenvalue weighted by atomic mass is 16.5. The molecule has 28 heavy (non-hydrogen) atoms. The van der Waals surface area contributed by atoms with E-state index in [2.05, 4.69) is 40.0 Å². The average Bonchev–Trinajstić information content (AvgIpc) is 3.21. The van der Waals surface area contributed by atoms with E-state index in [1.807, 2.05) is 25.1 Å². The molecule has 1 amide bonds. The number of aliphatic imine (C=N–C) groups is 1. The number of hydrogen-bond acceptors (Lipinski definition) is 3. The van der Waals surface area contributed by atoms with E-state index in [0.717, 1.165) is 31.8 Å². The number of benzene rings is 1. The predicted molar refractivity (Wildman–Crippen MR) is 114 cm³/mol. The van der Waals surface area contributed by atoms with Gasteiger partial charge in [0.2, 0.25) is 5.91 Å². The molecule has 156 valence electrons. The molecule has 1 aromatic rings. The Labute approximate surface area is 169 Å². The second-order valence-corrected chi connectivity index (χ2v) is 7.26. The van der Waals surface area contributed by atoms with Crippen LogP contribution in [0.5, 0.6) is 0 Å². The first kappa shape index (κ1) is 22.2. The van der Waals surface area contributed by atoms with Gasteiger partial charge in [0.25, 0.3) is 0 Å². The van der Waals surface area contributed by atoms with Gasteiger partial charge in [-0.05, 0) is 38.7 Å². The van der Waals surface area contributed by atoms with Crippen molar-refractivity contribution in [1.29, 1.82) is 0 Å². The standard InChI is InChI=1S/C22H36N4O2/c1-3-23-22(25-16-14-21(27)26-20-12-7-8-13-20)24-15-9-17-28-18(2)19-10-5-4-6-11-19/h4-6,10-11,18,20H,3,7-9,12-17H2,1-2H3,(H,26,27)(H2,23,24,25). The molecule has 0 spiro atoms. The number of guanidine groups is 1. The molecule has 1 aliphatic rings. The molecule has 2 rings (SSSR count). The van der Waals surface area contributed by atoms with Gasteiger partial charge >= 0.3 is 0 Å². The van der Waals surface area contributed by atoms with E-state index in [4.69, 9.17) is 4.74 Å². The zero-order valence-electron chi connectivity index (χ0n) is 17.4. The Hall–Kier alpha value is -2.08. The molecule has 0 aliphatic heterocycles. The highest BCUT2D eigenvalue weighted by molar-refractivity contribution is 5.81. The van der Waals surface area contributed by atoms with Crippen molar-refractivity contribution < 1.29 is 9.53 Å². The lowest BCUT2D eigenvalue weighted by atomic mass is 10.1. The number of nitrogens with one attached hydrogen (secondary N) is 3. The van der Waals surface area contributed by atoms with Crippen molar-refractivity contribution in [1.82, 2.24) is 16.0 Å². The SMILES string of the molecule is CCNC(=NCCCOC(C)c1ccccc1)NCCC(=O)NC1CCCC1. The summed E-state index contributed by atoms with van der Waals surface area (Å²) in [7, 11) is 0. The van der Waals surface area contributed by atoms with Gasteiger partial charge in [-0.15, -0.1) is 0 Å². The van der Waals surface area contributed by atoms with Crippen molar-refractivity contribution in [2.24, 2.45) is 4.99 Å². The van der Waals surface area contributed by atoms with E-state index in [1.165, 1.54) is 18.4 Å². The molecule has 0 bridgehead atoms. The smallest absolute Gasteiger partial charge is 0.221 e. The van der Waals surface area contributed by atoms with E-state index >= 15 is 0 Å². The number of carbonyl (C=O) groups is 1. The molecule has 3 N–H and O–H groups in total. The van der Waals surface area contributed by atoms with Crippen LogP contribution in [0.4, 0.5) is 0 Å². The number of ether oxygens (including phenoxy) is 1. The Kier molecular flexibility index (Phi) is 10.4. The minimum absolute atomic E-state index is 0.0925. The van der Waals surface area contributed by atoms with Crippen molar-refractivity contribution >= 4 is 11.9 Å².